The molecular weight excluding hydrogens is 334 g/mol. The first kappa shape index (κ1) is 18.0. The third kappa shape index (κ3) is 3.56. The fourth-order valence-corrected chi connectivity index (χ4v) is 5.56. The molecule has 2 N–H and O–H groups in total. The number of rotatable bonds is 1. The Kier molecular flexibility index (Phi) is 5.36. The number of urea groups is 1. The van der Waals surface area contributed by atoms with Crippen molar-refractivity contribution in [3.63, 3.8) is 0 Å². The molecule has 7 nitrogen and oxygen atoms in total. The smallest absolute Gasteiger partial charge is 0.320 e. The molecule has 0 bridgehead atoms. The van der Waals surface area contributed by atoms with Crippen molar-refractivity contribution < 1.29 is 19.5 Å². The van der Waals surface area contributed by atoms with Crippen LogP contribution in [0.2, 0.25) is 0 Å². The van der Waals surface area contributed by atoms with Gasteiger partial charge in [0, 0.05) is 38.0 Å². The van der Waals surface area contributed by atoms with E-state index in [-0.39, 0.29) is 29.9 Å². The molecule has 2 heterocycles. The molecule has 3 amide bonds. The van der Waals surface area contributed by atoms with Gasteiger partial charge < -0.3 is 14.5 Å². The van der Waals surface area contributed by atoms with Crippen molar-refractivity contribution in [1.82, 2.24) is 15.3 Å². The van der Waals surface area contributed by atoms with E-state index in [1.165, 1.54) is 25.7 Å². The monoisotopic (exact) mass is 365 g/mol. The molecule has 5 atom stereocenters. The van der Waals surface area contributed by atoms with Crippen LogP contribution in [-0.2, 0) is 9.53 Å². The number of hydroxylamine groups is 1. The zero-order valence-corrected chi connectivity index (χ0v) is 15.4. The number of carbonyl (C=O) groups excluding carboxylic acids is 2. The summed E-state index contributed by atoms with van der Waals surface area (Å²) in [6, 6.07) is 0.180. The van der Waals surface area contributed by atoms with Crippen LogP contribution in [0.4, 0.5) is 4.79 Å². The first-order chi connectivity index (χ1) is 12.7. The van der Waals surface area contributed by atoms with Gasteiger partial charge in [0.25, 0.3) is 0 Å². The molecule has 0 aromatic carbocycles. The summed E-state index contributed by atoms with van der Waals surface area (Å²) in [6.45, 7) is 3.74. The van der Waals surface area contributed by atoms with Crippen LogP contribution < -0.4 is 5.48 Å². The Morgan fingerprint density at radius 2 is 1.62 bits per heavy atom. The van der Waals surface area contributed by atoms with Gasteiger partial charge in [-0.05, 0) is 43.9 Å². The number of amides is 3. The van der Waals surface area contributed by atoms with E-state index in [4.69, 9.17) is 9.94 Å². The Morgan fingerprint density at radius 3 is 2.31 bits per heavy atom. The predicted octanol–water partition coefficient (Wildman–Crippen LogP) is 1.85. The molecular formula is C19H31N3O4. The lowest BCUT2D eigenvalue weighted by Gasteiger charge is -2.35. The molecule has 2 aliphatic carbocycles. The molecule has 5 unspecified atom stereocenters. The van der Waals surface area contributed by atoms with E-state index < -0.39 is 0 Å². The second kappa shape index (κ2) is 7.72. The van der Waals surface area contributed by atoms with Gasteiger partial charge in [0.05, 0.1) is 12.7 Å². The lowest BCUT2D eigenvalue weighted by Crippen LogP contribution is -2.46. The first-order valence-corrected chi connectivity index (χ1v) is 10.2. The molecule has 0 aromatic heterocycles. The van der Waals surface area contributed by atoms with E-state index in [1.54, 1.807) is 5.48 Å². The molecule has 26 heavy (non-hydrogen) atoms. The highest BCUT2D eigenvalue weighted by molar-refractivity contribution is 5.77. The van der Waals surface area contributed by atoms with Gasteiger partial charge in [-0.15, -0.1) is 0 Å². The van der Waals surface area contributed by atoms with E-state index in [2.05, 4.69) is 4.90 Å². The summed E-state index contributed by atoms with van der Waals surface area (Å²) >= 11 is 0. The molecule has 2 aliphatic heterocycles. The number of hydrogen-bond acceptors (Lipinski definition) is 4. The number of fused-ring (bicyclic) bond motifs is 2. The Morgan fingerprint density at radius 1 is 0.923 bits per heavy atom. The summed E-state index contributed by atoms with van der Waals surface area (Å²) in [5.74, 6) is 1.19. The normalized spacial score (nSPS) is 37.5. The zero-order valence-electron chi connectivity index (χ0n) is 15.4. The van der Waals surface area contributed by atoms with Gasteiger partial charge in [0.15, 0.2) is 0 Å². The van der Waals surface area contributed by atoms with Crippen molar-refractivity contribution in [1.29, 1.82) is 0 Å². The molecule has 2 saturated heterocycles. The van der Waals surface area contributed by atoms with E-state index >= 15 is 0 Å². The minimum absolute atomic E-state index is 0.00464. The fraction of sp³-hybridized carbons (Fsp3) is 0.895. The second-order valence-electron chi connectivity index (χ2n) is 8.59. The number of nitrogens with zero attached hydrogens (tertiary/aromatic N) is 2. The van der Waals surface area contributed by atoms with E-state index in [1.807, 2.05) is 4.90 Å². The highest BCUT2D eigenvalue weighted by atomic mass is 16.5. The van der Waals surface area contributed by atoms with Gasteiger partial charge in [0.2, 0.25) is 5.91 Å². The van der Waals surface area contributed by atoms with Gasteiger partial charge in [-0.1, -0.05) is 12.8 Å². The molecule has 4 fully saturated rings. The molecule has 2 saturated carbocycles. The highest BCUT2D eigenvalue weighted by Gasteiger charge is 2.41. The van der Waals surface area contributed by atoms with Crippen LogP contribution in [0.1, 0.15) is 44.9 Å². The summed E-state index contributed by atoms with van der Waals surface area (Å²) in [5, 5.41) is 8.86. The number of ether oxygens (including phenoxy) is 1. The van der Waals surface area contributed by atoms with Gasteiger partial charge in [0.1, 0.15) is 0 Å². The molecule has 146 valence electrons. The lowest BCUT2D eigenvalue weighted by molar-refractivity contribution is -0.137. The standard InChI is InChI=1S/C19H31N3O4/c23-18(20-25)13-5-6-16-12-21(7-8-26-17(16)9-13)19(24)22-10-14-3-1-2-4-15(14)11-22/h13-17,25H,1-12H2,(H,20,23). The minimum atomic E-state index is -0.316. The third-order valence-electron chi connectivity index (χ3n) is 7.07. The maximum Gasteiger partial charge on any atom is 0.320 e. The summed E-state index contributed by atoms with van der Waals surface area (Å²) in [7, 11) is 0. The van der Waals surface area contributed by atoms with Gasteiger partial charge >= 0.3 is 6.03 Å². The predicted molar refractivity (Wildman–Crippen MR) is 94.5 cm³/mol. The number of hydrogen-bond donors (Lipinski definition) is 2. The van der Waals surface area contributed by atoms with Crippen LogP contribution in [0, 0.1) is 23.7 Å². The minimum Gasteiger partial charge on any atom is -0.376 e. The average Bonchev–Trinajstić information content (AvgIpc) is 2.99. The molecule has 0 radical (unpaired) electrons. The van der Waals surface area contributed by atoms with Crippen LogP contribution in [-0.4, -0.2) is 65.8 Å². The SMILES string of the molecule is O=C(NO)C1CCC2CN(C(=O)N3CC4CCCCC4C3)CCOC2C1. The molecule has 0 aromatic rings. The van der Waals surface area contributed by atoms with E-state index in [9.17, 15) is 9.59 Å². The number of likely N-dealkylation sites (tertiary alicyclic amines) is 1. The second-order valence-corrected chi connectivity index (χ2v) is 8.59. The Balaban J connectivity index is 1.36. The van der Waals surface area contributed by atoms with Crippen molar-refractivity contribution in [2.75, 3.05) is 32.8 Å². The van der Waals surface area contributed by atoms with Crippen molar-refractivity contribution in [2.45, 2.75) is 51.0 Å². The molecule has 4 aliphatic rings. The summed E-state index contributed by atoms with van der Waals surface area (Å²) in [5.41, 5.74) is 1.77. The van der Waals surface area contributed by atoms with Gasteiger partial charge in [-0.3, -0.25) is 10.0 Å². The lowest BCUT2D eigenvalue weighted by atomic mass is 9.79. The van der Waals surface area contributed by atoms with Gasteiger partial charge in [-0.25, -0.2) is 10.3 Å². The quantitative estimate of drug-likeness (QED) is 0.549. The van der Waals surface area contributed by atoms with E-state index in [0.717, 1.165) is 32.5 Å². The number of nitrogens with one attached hydrogen (secondary N) is 1. The largest absolute Gasteiger partial charge is 0.376 e. The van der Waals surface area contributed by atoms with Crippen molar-refractivity contribution in [3.05, 3.63) is 0 Å². The Hall–Kier alpha value is -1.34. The van der Waals surface area contributed by atoms with Crippen LogP contribution in [0.5, 0.6) is 0 Å². The van der Waals surface area contributed by atoms with E-state index in [0.29, 0.717) is 31.4 Å². The number of carbonyl (C=O) groups is 2. The maximum absolute atomic E-state index is 13.1. The summed E-state index contributed by atoms with van der Waals surface area (Å²) < 4.78 is 6.00. The van der Waals surface area contributed by atoms with Crippen LogP contribution >= 0.6 is 0 Å². The van der Waals surface area contributed by atoms with Gasteiger partial charge in [-0.2, -0.15) is 0 Å². The topological polar surface area (TPSA) is 82.1 Å². The summed E-state index contributed by atoms with van der Waals surface area (Å²) in [4.78, 5) is 28.9. The van der Waals surface area contributed by atoms with Crippen molar-refractivity contribution in [3.8, 4) is 0 Å². The van der Waals surface area contributed by atoms with Crippen LogP contribution in [0.15, 0.2) is 0 Å². The first-order valence-electron chi connectivity index (χ1n) is 10.2. The Bertz CT molecular complexity index is 529. The molecule has 0 spiro atoms. The fourth-order valence-electron chi connectivity index (χ4n) is 5.56. The average molecular weight is 365 g/mol. The van der Waals surface area contributed by atoms with Crippen LogP contribution in [0.3, 0.4) is 0 Å². The van der Waals surface area contributed by atoms with Crippen molar-refractivity contribution >= 4 is 11.9 Å². The third-order valence-corrected chi connectivity index (χ3v) is 7.07. The summed E-state index contributed by atoms with van der Waals surface area (Å²) in [6.07, 6.45) is 7.41. The molecule has 4 rings (SSSR count). The van der Waals surface area contributed by atoms with Crippen molar-refractivity contribution in [2.24, 2.45) is 23.7 Å². The Labute approximate surface area is 155 Å². The molecule has 7 heteroatoms. The van der Waals surface area contributed by atoms with Crippen LogP contribution in [0.25, 0.3) is 0 Å². The maximum atomic E-state index is 13.1. The zero-order chi connectivity index (χ0) is 18.1. The highest BCUT2D eigenvalue weighted by Crippen LogP contribution is 2.37.